The second-order valence-corrected chi connectivity index (χ2v) is 5.35. The first kappa shape index (κ1) is 13.8. The number of carbonyl (C=O) groups is 3. The first-order valence-corrected chi connectivity index (χ1v) is 6.79. The lowest BCUT2D eigenvalue weighted by atomic mass is 10.0. The largest absolute Gasteiger partial charge is 0.481 e. The van der Waals surface area contributed by atoms with Gasteiger partial charge < -0.3 is 15.3 Å². The van der Waals surface area contributed by atoms with Crippen molar-refractivity contribution in [1.29, 1.82) is 0 Å². The highest BCUT2D eigenvalue weighted by Gasteiger charge is 2.40. The van der Waals surface area contributed by atoms with Crippen LogP contribution in [0.1, 0.15) is 32.1 Å². The highest BCUT2D eigenvalue weighted by atomic mass is 16.4. The third-order valence-electron chi connectivity index (χ3n) is 4.22. The van der Waals surface area contributed by atoms with E-state index in [4.69, 9.17) is 5.11 Å². The predicted octanol–water partition coefficient (Wildman–Crippen LogP) is 0.224. The fraction of sp³-hybridized carbons (Fsp3) is 0.769. The Morgan fingerprint density at radius 1 is 1.16 bits per heavy atom. The number of nitrogens with one attached hydrogen (secondary N) is 1. The molecule has 1 heterocycles. The molecule has 2 fully saturated rings. The molecule has 1 unspecified atom stereocenters. The van der Waals surface area contributed by atoms with E-state index in [0.29, 0.717) is 32.2 Å². The zero-order chi connectivity index (χ0) is 14.0. The van der Waals surface area contributed by atoms with E-state index < -0.39 is 11.9 Å². The van der Waals surface area contributed by atoms with Gasteiger partial charge in [-0.3, -0.25) is 14.4 Å². The Morgan fingerprint density at radius 2 is 1.84 bits per heavy atom. The summed E-state index contributed by atoms with van der Waals surface area (Å²) >= 11 is 0. The van der Waals surface area contributed by atoms with E-state index in [1.807, 2.05) is 0 Å². The standard InChI is InChI=1S/C13H20N2O4/c1-14-11(16)10-3-2-6-15(10)12(17)8-4-5-9(7-8)13(18)19/h8-10H,2-7H2,1H3,(H,14,16)(H,18,19)/t8-,9+,10?/m1/s1. The molecule has 1 aliphatic heterocycles. The molecule has 0 bridgehead atoms. The summed E-state index contributed by atoms with van der Waals surface area (Å²) in [5.74, 6) is -1.63. The van der Waals surface area contributed by atoms with Crippen molar-refractivity contribution < 1.29 is 19.5 Å². The SMILES string of the molecule is CNC(=O)C1CCCN1C(=O)[C@@H]1CC[C@H](C(=O)O)C1. The van der Waals surface area contributed by atoms with Crippen LogP contribution in [0, 0.1) is 11.8 Å². The van der Waals surface area contributed by atoms with Crippen molar-refractivity contribution in [2.45, 2.75) is 38.1 Å². The van der Waals surface area contributed by atoms with Crippen LogP contribution in [-0.2, 0) is 14.4 Å². The lowest BCUT2D eigenvalue weighted by molar-refractivity contribution is -0.143. The molecule has 2 rings (SSSR count). The molecular weight excluding hydrogens is 248 g/mol. The van der Waals surface area contributed by atoms with E-state index in [-0.39, 0.29) is 23.8 Å². The summed E-state index contributed by atoms with van der Waals surface area (Å²) in [7, 11) is 1.57. The van der Waals surface area contributed by atoms with Gasteiger partial charge in [-0.05, 0) is 32.1 Å². The third kappa shape index (κ3) is 2.72. The molecule has 1 saturated carbocycles. The van der Waals surface area contributed by atoms with E-state index in [9.17, 15) is 14.4 Å². The minimum absolute atomic E-state index is 0.0464. The normalized spacial score (nSPS) is 30.4. The first-order chi connectivity index (χ1) is 9.04. The molecule has 0 aromatic heterocycles. The number of hydrogen-bond acceptors (Lipinski definition) is 3. The van der Waals surface area contributed by atoms with E-state index >= 15 is 0 Å². The van der Waals surface area contributed by atoms with Crippen molar-refractivity contribution in [3.05, 3.63) is 0 Å². The Balaban J connectivity index is 2.00. The van der Waals surface area contributed by atoms with E-state index in [1.165, 1.54) is 0 Å². The van der Waals surface area contributed by atoms with Crippen LogP contribution in [-0.4, -0.2) is 47.4 Å². The quantitative estimate of drug-likeness (QED) is 0.767. The molecule has 2 amide bonds. The van der Waals surface area contributed by atoms with Gasteiger partial charge in [0.05, 0.1) is 5.92 Å². The number of nitrogens with zero attached hydrogens (tertiary/aromatic N) is 1. The third-order valence-corrected chi connectivity index (χ3v) is 4.22. The number of carbonyl (C=O) groups excluding carboxylic acids is 2. The van der Waals surface area contributed by atoms with Crippen LogP contribution in [0.2, 0.25) is 0 Å². The zero-order valence-corrected chi connectivity index (χ0v) is 11.1. The maximum Gasteiger partial charge on any atom is 0.306 e. The van der Waals surface area contributed by atoms with Gasteiger partial charge in [0.15, 0.2) is 0 Å². The number of aliphatic carboxylic acids is 1. The lowest BCUT2D eigenvalue weighted by Gasteiger charge is -2.26. The molecule has 0 radical (unpaired) electrons. The number of carboxylic acid groups (broad SMARTS) is 1. The van der Waals surface area contributed by atoms with Gasteiger partial charge in [-0.2, -0.15) is 0 Å². The molecule has 106 valence electrons. The summed E-state index contributed by atoms with van der Waals surface area (Å²) in [5.41, 5.74) is 0. The van der Waals surface area contributed by atoms with Gasteiger partial charge in [0.25, 0.3) is 0 Å². The van der Waals surface area contributed by atoms with Crippen LogP contribution < -0.4 is 5.32 Å². The Kier molecular flexibility index (Phi) is 4.07. The van der Waals surface area contributed by atoms with Gasteiger partial charge in [-0.1, -0.05) is 0 Å². The average molecular weight is 268 g/mol. The van der Waals surface area contributed by atoms with Gasteiger partial charge >= 0.3 is 5.97 Å². The first-order valence-electron chi connectivity index (χ1n) is 6.79. The second kappa shape index (κ2) is 5.59. The molecule has 2 aliphatic rings. The maximum absolute atomic E-state index is 12.4. The van der Waals surface area contributed by atoms with Gasteiger partial charge in [-0.25, -0.2) is 0 Å². The highest BCUT2D eigenvalue weighted by Crippen LogP contribution is 2.34. The summed E-state index contributed by atoms with van der Waals surface area (Å²) in [4.78, 5) is 36.7. The summed E-state index contributed by atoms with van der Waals surface area (Å²) < 4.78 is 0. The summed E-state index contributed by atoms with van der Waals surface area (Å²) in [5, 5.41) is 11.5. The van der Waals surface area contributed by atoms with Crippen LogP contribution in [0.5, 0.6) is 0 Å². The number of likely N-dealkylation sites (N-methyl/N-ethyl adjacent to an activating group) is 1. The van der Waals surface area contributed by atoms with Crippen molar-refractivity contribution in [3.63, 3.8) is 0 Å². The Morgan fingerprint density at radius 3 is 2.42 bits per heavy atom. The van der Waals surface area contributed by atoms with Crippen LogP contribution in [0.4, 0.5) is 0 Å². The van der Waals surface area contributed by atoms with E-state index in [2.05, 4.69) is 5.32 Å². The highest BCUT2D eigenvalue weighted by molar-refractivity contribution is 5.89. The number of amides is 2. The number of likely N-dealkylation sites (tertiary alicyclic amines) is 1. The second-order valence-electron chi connectivity index (χ2n) is 5.35. The van der Waals surface area contributed by atoms with E-state index in [1.54, 1.807) is 11.9 Å². The molecule has 19 heavy (non-hydrogen) atoms. The molecule has 6 nitrogen and oxygen atoms in total. The fourth-order valence-corrected chi connectivity index (χ4v) is 3.13. The summed E-state index contributed by atoms with van der Waals surface area (Å²) in [6.45, 7) is 0.602. The van der Waals surface area contributed by atoms with Crippen molar-refractivity contribution in [2.75, 3.05) is 13.6 Å². The Labute approximate surface area is 112 Å². The molecule has 3 atom stereocenters. The molecule has 1 saturated heterocycles. The van der Waals surface area contributed by atoms with Gasteiger partial charge in [-0.15, -0.1) is 0 Å². The van der Waals surface area contributed by atoms with Crippen molar-refractivity contribution >= 4 is 17.8 Å². The zero-order valence-electron chi connectivity index (χ0n) is 11.1. The van der Waals surface area contributed by atoms with Crippen molar-refractivity contribution in [2.24, 2.45) is 11.8 Å². The van der Waals surface area contributed by atoms with Crippen LogP contribution in [0.15, 0.2) is 0 Å². The van der Waals surface area contributed by atoms with Crippen LogP contribution in [0.25, 0.3) is 0 Å². The monoisotopic (exact) mass is 268 g/mol. The molecule has 0 spiro atoms. The minimum Gasteiger partial charge on any atom is -0.481 e. The topological polar surface area (TPSA) is 86.7 Å². The smallest absolute Gasteiger partial charge is 0.306 e. The van der Waals surface area contributed by atoms with Gasteiger partial charge in [0.1, 0.15) is 6.04 Å². The molecule has 0 aromatic rings. The van der Waals surface area contributed by atoms with Crippen molar-refractivity contribution in [3.8, 4) is 0 Å². The van der Waals surface area contributed by atoms with Gasteiger partial charge in [0, 0.05) is 19.5 Å². The molecule has 2 N–H and O–H groups in total. The summed E-state index contributed by atoms with van der Waals surface area (Å²) in [6.07, 6.45) is 3.11. The summed E-state index contributed by atoms with van der Waals surface area (Å²) in [6, 6.07) is -0.374. The minimum atomic E-state index is -0.820. The number of carboxylic acids is 1. The average Bonchev–Trinajstić information content (AvgIpc) is 3.05. The molecule has 6 heteroatoms. The van der Waals surface area contributed by atoms with Crippen molar-refractivity contribution in [1.82, 2.24) is 10.2 Å². The lowest BCUT2D eigenvalue weighted by Crippen LogP contribution is -2.46. The predicted molar refractivity (Wildman–Crippen MR) is 67.3 cm³/mol. The van der Waals surface area contributed by atoms with Crippen LogP contribution in [0.3, 0.4) is 0 Å². The van der Waals surface area contributed by atoms with Crippen LogP contribution >= 0.6 is 0 Å². The molecular formula is C13H20N2O4. The Bertz CT molecular complexity index is 396. The fourth-order valence-electron chi connectivity index (χ4n) is 3.13. The number of hydrogen-bond donors (Lipinski definition) is 2. The maximum atomic E-state index is 12.4. The molecule has 0 aromatic carbocycles. The molecule has 1 aliphatic carbocycles. The van der Waals surface area contributed by atoms with Gasteiger partial charge in [0.2, 0.25) is 11.8 Å². The Hall–Kier alpha value is -1.59. The number of rotatable bonds is 3. The van der Waals surface area contributed by atoms with E-state index in [0.717, 1.165) is 6.42 Å².